The molecule has 1 aromatic rings. The van der Waals surface area contributed by atoms with Crippen molar-refractivity contribution in [2.45, 2.75) is 32.6 Å². The second kappa shape index (κ2) is 5.54. The van der Waals surface area contributed by atoms with Crippen molar-refractivity contribution in [1.82, 2.24) is 5.32 Å². The highest BCUT2D eigenvalue weighted by atomic mass is 79.9. The molecule has 1 aliphatic heterocycles. The van der Waals surface area contributed by atoms with Crippen molar-refractivity contribution >= 4 is 21.7 Å². The highest BCUT2D eigenvalue weighted by Gasteiger charge is 2.41. The monoisotopic (exact) mass is 371 g/mol. The molecule has 0 unspecified atom stereocenters. The summed E-state index contributed by atoms with van der Waals surface area (Å²) in [7, 11) is 0. The van der Waals surface area contributed by atoms with Crippen LogP contribution in [0.2, 0.25) is 0 Å². The number of Topliss-reactive ketones (excluding diaryl/α,β-unsaturated/α-hetero) is 1. The molecule has 0 amide bonds. The minimum absolute atomic E-state index is 0.0877. The van der Waals surface area contributed by atoms with Gasteiger partial charge in [-0.1, -0.05) is 48.0 Å². The average molecular weight is 372 g/mol. The third-order valence-electron chi connectivity index (χ3n) is 4.41. The SMILES string of the molecule is CC1(C)CC(=O)C2=C(C1)NC(N)=C(C#N)[C@H]2c1ccccc1Br. The fourth-order valence-electron chi connectivity index (χ4n) is 3.46. The van der Waals surface area contributed by atoms with E-state index < -0.39 is 5.92 Å². The number of dihydropyridines is 1. The third kappa shape index (κ3) is 2.68. The molecule has 23 heavy (non-hydrogen) atoms. The maximum absolute atomic E-state index is 12.8. The second-order valence-electron chi connectivity index (χ2n) is 6.85. The molecule has 3 N–H and O–H groups in total. The van der Waals surface area contributed by atoms with E-state index in [2.05, 4.69) is 41.2 Å². The van der Waals surface area contributed by atoms with E-state index in [0.717, 1.165) is 22.2 Å². The van der Waals surface area contributed by atoms with Gasteiger partial charge in [-0.3, -0.25) is 4.79 Å². The highest BCUT2D eigenvalue weighted by molar-refractivity contribution is 9.10. The Morgan fingerprint density at radius 2 is 2.04 bits per heavy atom. The van der Waals surface area contributed by atoms with Gasteiger partial charge in [0.1, 0.15) is 5.82 Å². The van der Waals surface area contributed by atoms with Gasteiger partial charge in [0.2, 0.25) is 0 Å². The zero-order valence-corrected chi connectivity index (χ0v) is 14.7. The number of rotatable bonds is 1. The number of nitriles is 1. The summed E-state index contributed by atoms with van der Waals surface area (Å²) in [4.78, 5) is 12.8. The van der Waals surface area contributed by atoms with Gasteiger partial charge < -0.3 is 11.1 Å². The predicted octanol–water partition coefficient (Wildman–Crippen LogP) is 3.47. The number of halogens is 1. The first-order chi connectivity index (χ1) is 10.8. The lowest BCUT2D eigenvalue weighted by Crippen LogP contribution is -2.39. The third-order valence-corrected chi connectivity index (χ3v) is 5.13. The number of hydrogen-bond acceptors (Lipinski definition) is 4. The lowest BCUT2D eigenvalue weighted by Gasteiger charge is -2.38. The van der Waals surface area contributed by atoms with Crippen LogP contribution in [0.25, 0.3) is 0 Å². The van der Waals surface area contributed by atoms with Crippen molar-refractivity contribution in [1.29, 1.82) is 5.26 Å². The highest BCUT2D eigenvalue weighted by Crippen LogP contribution is 2.46. The quantitative estimate of drug-likeness (QED) is 0.791. The normalized spacial score (nSPS) is 23.2. The van der Waals surface area contributed by atoms with Crippen LogP contribution in [0.15, 0.2) is 51.4 Å². The van der Waals surface area contributed by atoms with Crippen molar-refractivity contribution in [2.24, 2.45) is 11.1 Å². The molecule has 0 bridgehead atoms. The van der Waals surface area contributed by atoms with E-state index >= 15 is 0 Å². The van der Waals surface area contributed by atoms with Gasteiger partial charge in [-0.15, -0.1) is 0 Å². The Balaban J connectivity index is 2.22. The van der Waals surface area contributed by atoms with Crippen molar-refractivity contribution in [2.75, 3.05) is 0 Å². The van der Waals surface area contributed by atoms with Crippen LogP contribution < -0.4 is 11.1 Å². The number of ketones is 1. The molecule has 0 aromatic heterocycles. The Morgan fingerprint density at radius 1 is 1.35 bits per heavy atom. The van der Waals surface area contributed by atoms with Crippen LogP contribution in [0.4, 0.5) is 0 Å². The molecular weight excluding hydrogens is 354 g/mol. The van der Waals surface area contributed by atoms with Gasteiger partial charge in [-0.05, 0) is 23.5 Å². The predicted molar refractivity (Wildman–Crippen MR) is 91.9 cm³/mol. The first-order valence-electron chi connectivity index (χ1n) is 7.51. The first kappa shape index (κ1) is 15.8. The van der Waals surface area contributed by atoms with Gasteiger partial charge in [0.15, 0.2) is 5.78 Å². The Kier molecular flexibility index (Phi) is 3.81. The average Bonchev–Trinajstić information content (AvgIpc) is 2.45. The summed E-state index contributed by atoms with van der Waals surface area (Å²) in [5.74, 6) is 0.0256. The Bertz CT molecular complexity index is 799. The largest absolute Gasteiger partial charge is 0.384 e. The number of nitrogens with zero attached hydrogens (tertiary/aromatic N) is 1. The summed E-state index contributed by atoms with van der Waals surface area (Å²) in [6.45, 7) is 4.15. The molecule has 1 atom stereocenters. The fraction of sp³-hybridized carbons (Fsp3) is 0.333. The molecule has 0 saturated heterocycles. The summed E-state index contributed by atoms with van der Waals surface area (Å²) in [5.41, 5.74) is 8.82. The summed E-state index contributed by atoms with van der Waals surface area (Å²) >= 11 is 3.54. The molecule has 118 valence electrons. The topological polar surface area (TPSA) is 78.9 Å². The van der Waals surface area contributed by atoms with Crippen LogP contribution >= 0.6 is 15.9 Å². The molecule has 3 rings (SSSR count). The van der Waals surface area contributed by atoms with E-state index in [1.807, 2.05) is 24.3 Å². The van der Waals surface area contributed by atoms with Crippen LogP contribution in [-0.4, -0.2) is 5.78 Å². The molecule has 4 nitrogen and oxygen atoms in total. The van der Waals surface area contributed by atoms with Crippen molar-refractivity contribution in [3.8, 4) is 6.07 Å². The number of carbonyl (C=O) groups is 1. The lowest BCUT2D eigenvalue weighted by molar-refractivity contribution is -0.118. The molecule has 1 aliphatic carbocycles. The van der Waals surface area contributed by atoms with E-state index in [1.54, 1.807) is 0 Å². The van der Waals surface area contributed by atoms with Gasteiger partial charge in [-0.25, -0.2) is 0 Å². The molecule has 5 heteroatoms. The zero-order chi connectivity index (χ0) is 16.8. The number of hydrogen-bond donors (Lipinski definition) is 2. The van der Waals surface area contributed by atoms with Gasteiger partial charge in [0.05, 0.1) is 17.6 Å². The molecule has 0 saturated carbocycles. The maximum atomic E-state index is 12.8. The van der Waals surface area contributed by atoms with Gasteiger partial charge in [0.25, 0.3) is 0 Å². The van der Waals surface area contributed by atoms with Gasteiger partial charge in [0, 0.05) is 22.2 Å². The number of carbonyl (C=O) groups excluding carboxylic acids is 1. The van der Waals surface area contributed by atoms with E-state index in [1.165, 1.54) is 0 Å². The van der Waals surface area contributed by atoms with Crippen molar-refractivity contribution in [3.63, 3.8) is 0 Å². The van der Waals surface area contributed by atoms with E-state index in [-0.39, 0.29) is 11.2 Å². The molecule has 1 heterocycles. The molecule has 0 radical (unpaired) electrons. The number of nitrogens with one attached hydrogen (secondary N) is 1. The first-order valence-corrected chi connectivity index (χ1v) is 8.31. The number of allylic oxidation sites excluding steroid dienone is 3. The Morgan fingerprint density at radius 3 is 2.70 bits per heavy atom. The zero-order valence-electron chi connectivity index (χ0n) is 13.1. The summed E-state index contributed by atoms with van der Waals surface area (Å²) in [6, 6.07) is 9.86. The number of benzene rings is 1. The molecular formula is C18H18BrN3O. The van der Waals surface area contributed by atoms with Crippen LogP contribution in [0.3, 0.4) is 0 Å². The minimum atomic E-state index is -0.407. The van der Waals surface area contributed by atoms with Crippen LogP contribution in [-0.2, 0) is 4.79 Å². The number of nitrogens with two attached hydrogens (primary N) is 1. The maximum Gasteiger partial charge on any atom is 0.162 e. The smallest absolute Gasteiger partial charge is 0.162 e. The molecule has 2 aliphatic rings. The molecule has 0 fully saturated rings. The summed E-state index contributed by atoms with van der Waals surface area (Å²) in [5, 5.41) is 12.7. The fourth-order valence-corrected chi connectivity index (χ4v) is 3.97. The minimum Gasteiger partial charge on any atom is -0.384 e. The Labute approximate surface area is 144 Å². The Hall–Kier alpha value is -2.06. The van der Waals surface area contributed by atoms with E-state index in [9.17, 15) is 10.1 Å². The van der Waals surface area contributed by atoms with Crippen molar-refractivity contribution < 1.29 is 4.79 Å². The lowest BCUT2D eigenvalue weighted by atomic mass is 9.69. The summed E-state index contributed by atoms with van der Waals surface area (Å²) < 4.78 is 0.872. The van der Waals surface area contributed by atoms with Crippen LogP contribution in [0.5, 0.6) is 0 Å². The van der Waals surface area contributed by atoms with Crippen LogP contribution in [0, 0.1) is 16.7 Å². The standard InChI is InChI=1S/C18H18BrN3O/c1-18(2)7-13-16(14(23)8-18)15(11(9-20)17(21)22-13)10-5-3-4-6-12(10)19/h3-6,15,22H,7-8,21H2,1-2H3/t15-/m1/s1. The van der Waals surface area contributed by atoms with E-state index in [0.29, 0.717) is 23.4 Å². The van der Waals surface area contributed by atoms with E-state index in [4.69, 9.17) is 5.73 Å². The van der Waals surface area contributed by atoms with Gasteiger partial charge in [-0.2, -0.15) is 5.26 Å². The molecule has 0 spiro atoms. The second-order valence-corrected chi connectivity index (χ2v) is 7.71. The van der Waals surface area contributed by atoms with Crippen LogP contribution in [0.1, 0.15) is 38.2 Å². The van der Waals surface area contributed by atoms with Gasteiger partial charge >= 0.3 is 0 Å². The van der Waals surface area contributed by atoms with Crippen molar-refractivity contribution in [3.05, 3.63) is 57.0 Å². The summed E-state index contributed by atoms with van der Waals surface area (Å²) in [6.07, 6.45) is 1.22. The molecule has 1 aromatic carbocycles.